The lowest BCUT2D eigenvalue weighted by atomic mass is 10.0. The van der Waals surface area contributed by atoms with Crippen LogP contribution in [0.4, 0.5) is 5.82 Å². The monoisotopic (exact) mass is 416 g/mol. The number of phenolic OH excluding ortho intramolecular Hbond substituents is 1. The lowest BCUT2D eigenvalue weighted by molar-refractivity contribution is 0.103. The topological polar surface area (TPSA) is 131 Å². The molecule has 0 aliphatic rings. The molecule has 1 aromatic heterocycles. The summed E-state index contributed by atoms with van der Waals surface area (Å²) in [6, 6.07) is 16.7. The van der Waals surface area contributed by atoms with Crippen LogP contribution in [0.2, 0.25) is 0 Å². The molecule has 0 amide bonds. The maximum atomic E-state index is 13.1. The minimum Gasteiger partial charge on any atom is -0.508 e. The van der Waals surface area contributed by atoms with Crippen LogP contribution < -0.4 is 17.0 Å². The minimum atomic E-state index is -0.891. The Kier molecular flexibility index (Phi) is 6.17. The van der Waals surface area contributed by atoms with Gasteiger partial charge in [0.25, 0.3) is 5.56 Å². The summed E-state index contributed by atoms with van der Waals surface area (Å²) in [5.74, 6) is -1.23. The summed E-state index contributed by atoms with van der Waals surface area (Å²) in [6.45, 7) is 1.70. The highest BCUT2D eigenvalue weighted by molar-refractivity contribution is 6.16. The summed E-state index contributed by atoms with van der Waals surface area (Å²) in [5, 5.41) is 19.1. The largest absolute Gasteiger partial charge is 0.508 e. The molecule has 3 aromatic rings. The van der Waals surface area contributed by atoms with E-state index in [1.165, 1.54) is 18.2 Å². The number of ketones is 1. The second-order valence-corrected chi connectivity index (χ2v) is 6.76. The molecule has 31 heavy (non-hydrogen) atoms. The van der Waals surface area contributed by atoms with Gasteiger partial charge in [-0.25, -0.2) is 4.79 Å². The standard InChI is InChI=1S/C23H20N4O4/c1-2-26-22(30)19(20(29)17(13-24)11-16-9-6-10-18(28)12-16)21(25)27(23(26)31)14-15-7-4-3-5-8-15/h3-12,28H,2,14,25H2,1H3/b17-11+. The van der Waals surface area contributed by atoms with Gasteiger partial charge in [0.05, 0.1) is 6.54 Å². The third-order valence-corrected chi connectivity index (χ3v) is 4.74. The highest BCUT2D eigenvalue weighted by Gasteiger charge is 2.25. The van der Waals surface area contributed by atoms with E-state index in [4.69, 9.17) is 5.73 Å². The summed E-state index contributed by atoms with van der Waals surface area (Å²) in [6.07, 6.45) is 1.25. The van der Waals surface area contributed by atoms with Crippen LogP contribution in [0.15, 0.2) is 69.8 Å². The number of nitrogens with zero attached hydrogens (tertiary/aromatic N) is 3. The molecule has 0 aliphatic carbocycles. The van der Waals surface area contributed by atoms with Gasteiger partial charge in [-0.15, -0.1) is 0 Å². The van der Waals surface area contributed by atoms with Crippen LogP contribution in [0.25, 0.3) is 6.08 Å². The molecule has 0 fully saturated rings. The molecule has 3 N–H and O–H groups in total. The number of carbonyl (C=O) groups is 1. The number of phenols is 1. The number of hydrogen-bond acceptors (Lipinski definition) is 6. The number of hydrogen-bond donors (Lipinski definition) is 2. The predicted molar refractivity (Wildman–Crippen MR) is 117 cm³/mol. The molecule has 8 heteroatoms. The van der Waals surface area contributed by atoms with Crippen LogP contribution in [-0.2, 0) is 13.1 Å². The van der Waals surface area contributed by atoms with E-state index in [0.29, 0.717) is 5.56 Å². The number of nitrogen functional groups attached to an aromatic ring is 1. The highest BCUT2D eigenvalue weighted by atomic mass is 16.3. The van der Waals surface area contributed by atoms with Gasteiger partial charge in [-0.2, -0.15) is 5.26 Å². The van der Waals surface area contributed by atoms with Crippen LogP contribution in [-0.4, -0.2) is 20.0 Å². The molecule has 1 heterocycles. The molecule has 8 nitrogen and oxygen atoms in total. The quantitative estimate of drug-likeness (QED) is 0.360. The Morgan fingerprint density at radius 2 is 1.84 bits per heavy atom. The number of anilines is 1. The summed E-state index contributed by atoms with van der Waals surface area (Å²) >= 11 is 0. The number of benzene rings is 2. The lowest BCUT2D eigenvalue weighted by Crippen LogP contribution is -2.44. The Bertz CT molecular complexity index is 1330. The molecule has 0 saturated carbocycles. The van der Waals surface area contributed by atoms with E-state index in [1.54, 1.807) is 49.4 Å². The molecule has 2 aromatic carbocycles. The van der Waals surface area contributed by atoms with Crippen molar-refractivity contribution in [1.29, 1.82) is 5.26 Å². The molecule has 0 saturated heterocycles. The van der Waals surface area contributed by atoms with Gasteiger partial charge >= 0.3 is 5.69 Å². The van der Waals surface area contributed by atoms with Crippen molar-refractivity contribution in [3.05, 3.63) is 97.7 Å². The Balaban J connectivity index is 2.18. The zero-order valence-electron chi connectivity index (χ0n) is 16.8. The number of nitriles is 1. The molecular weight excluding hydrogens is 396 g/mol. The number of allylic oxidation sites excluding steroid dienone is 1. The van der Waals surface area contributed by atoms with Gasteiger partial charge in [0.1, 0.15) is 28.8 Å². The van der Waals surface area contributed by atoms with E-state index < -0.39 is 22.6 Å². The van der Waals surface area contributed by atoms with Crippen LogP contribution in [0.1, 0.15) is 28.4 Å². The first-order chi connectivity index (χ1) is 14.9. The molecule has 0 radical (unpaired) electrons. The predicted octanol–water partition coefficient (Wildman–Crippen LogP) is 2.16. The minimum absolute atomic E-state index is 0.0329. The maximum absolute atomic E-state index is 13.1. The van der Waals surface area contributed by atoms with Crippen LogP contribution in [0.3, 0.4) is 0 Å². The molecular formula is C23H20N4O4. The fraction of sp³-hybridized carbons (Fsp3) is 0.130. The van der Waals surface area contributed by atoms with E-state index in [2.05, 4.69) is 0 Å². The van der Waals surface area contributed by atoms with Crippen LogP contribution in [0, 0.1) is 11.3 Å². The summed E-state index contributed by atoms with van der Waals surface area (Å²) in [5.41, 5.74) is 5.00. The fourth-order valence-electron chi connectivity index (χ4n) is 3.19. The molecule has 0 atom stereocenters. The van der Waals surface area contributed by atoms with Crippen molar-refractivity contribution in [3.8, 4) is 11.8 Å². The molecule has 0 bridgehead atoms. The number of Topliss-reactive ketones (excluding diaryl/α,β-unsaturated/α-hetero) is 1. The lowest BCUT2D eigenvalue weighted by Gasteiger charge is -2.15. The van der Waals surface area contributed by atoms with Gasteiger partial charge in [-0.3, -0.25) is 18.7 Å². The molecule has 0 spiro atoms. The van der Waals surface area contributed by atoms with Gasteiger partial charge in [0.2, 0.25) is 5.78 Å². The van der Waals surface area contributed by atoms with Crippen molar-refractivity contribution in [2.24, 2.45) is 0 Å². The van der Waals surface area contributed by atoms with Crippen molar-refractivity contribution in [2.45, 2.75) is 20.0 Å². The van der Waals surface area contributed by atoms with Gasteiger partial charge < -0.3 is 10.8 Å². The SMILES string of the molecule is CCn1c(=O)c(C(=O)/C(C#N)=C/c2cccc(O)c2)c(N)n(Cc2ccccc2)c1=O. The highest BCUT2D eigenvalue weighted by Crippen LogP contribution is 2.18. The Labute approximate surface area is 177 Å². The van der Waals surface area contributed by atoms with Gasteiger partial charge in [0, 0.05) is 6.54 Å². The Morgan fingerprint density at radius 1 is 1.13 bits per heavy atom. The fourth-order valence-corrected chi connectivity index (χ4v) is 3.19. The number of aromatic hydroxyl groups is 1. The van der Waals surface area contributed by atoms with Crippen molar-refractivity contribution in [1.82, 2.24) is 9.13 Å². The summed E-state index contributed by atoms with van der Waals surface area (Å²) in [4.78, 5) is 38.8. The smallest absolute Gasteiger partial charge is 0.332 e. The molecule has 0 aliphatic heterocycles. The molecule has 0 unspecified atom stereocenters. The first-order valence-corrected chi connectivity index (χ1v) is 9.50. The first kappa shape index (κ1) is 21.3. The van der Waals surface area contributed by atoms with Crippen LogP contribution >= 0.6 is 0 Å². The summed E-state index contributed by atoms with van der Waals surface area (Å²) in [7, 11) is 0. The van der Waals surface area contributed by atoms with E-state index >= 15 is 0 Å². The van der Waals surface area contributed by atoms with Gasteiger partial charge in [0.15, 0.2) is 0 Å². The zero-order chi connectivity index (χ0) is 22.5. The maximum Gasteiger partial charge on any atom is 0.332 e. The van der Waals surface area contributed by atoms with Crippen LogP contribution in [0.5, 0.6) is 5.75 Å². The Morgan fingerprint density at radius 3 is 2.45 bits per heavy atom. The number of nitrogens with two attached hydrogens (primary N) is 1. The number of rotatable bonds is 6. The molecule has 156 valence electrons. The van der Waals surface area contributed by atoms with E-state index in [1.807, 2.05) is 6.07 Å². The van der Waals surface area contributed by atoms with Crippen molar-refractivity contribution >= 4 is 17.7 Å². The number of aromatic nitrogens is 2. The van der Waals surface area contributed by atoms with E-state index in [0.717, 1.165) is 14.7 Å². The van der Waals surface area contributed by atoms with E-state index in [-0.39, 0.29) is 30.2 Å². The number of carbonyl (C=O) groups excluding carboxylic acids is 1. The second-order valence-electron chi connectivity index (χ2n) is 6.76. The second kappa shape index (κ2) is 8.97. The average molecular weight is 416 g/mol. The van der Waals surface area contributed by atoms with E-state index in [9.17, 15) is 24.8 Å². The summed E-state index contributed by atoms with van der Waals surface area (Å²) < 4.78 is 2.06. The third kappa shape index (κ3) is 4.31. The van der Waals surface area contributed by atoms with Crippen molar-refractivity contribution in [3.63, 3.8) is 0 Å². The first-order valence-electron chi connectivity index (χ1n) is 9.50. The van der Waals surface area contributed by atoms with Crippen molar-refractivity contribution < 1.29 is 9.90 Å². The Hall–Kier alpha value is -4.38. The van der Waals surface area contributed by atoms with Gasteiger partial charge in [-0.1, -0.05) is 42.5 Å². The normalized spacial score (nSPS) is 11.2. The van der Waals surface area contributed by atoms with Crippen molar-refractivity contribution in [2.75, 3.05) is 5.73 Å². The van der Waals surface area contributed by atoms with Gasteiger partial charge in [-0.05, 0) is 36.3 Å². The average Bonchev–Trinajstić information content (AvgIpc) is 2.76. The third-order valence-electron chi connectivity index (χ3n) is 4.74. The zero-order valence-corrected chi connectivity index (χ0v) is 16.8. The molecule has 3 rings (SSSR count).